The first-order valence-corrected chi connectivity index (χ1v) is 36.9. The van der Waals surface area contributed by atoms with Gasteiger partial charge in [-0.25, -0.2) is 9.97 Å². The largest absolute Gasteiger partial charge is 0.414 e. The average Bonchev–Trinajstić information content (AvgIpc) is 4.12. The predicted molar refractivity (Wildman–Crippen MR) is 314 cm³/mol. The Hall–Kier alpha value is -3.20. The van der Waals surface area contributed by atoms with Crippen LogP contribution in [0.15, 0.2) is 12.7 Å². The summed E-state index contributed by atoms with van der Waals surface area (Å²) >= 11 is 12.8. The molecule has 446 valence electrons. The van der Waals surface area contributed by atoms with Gasteiger partial charge in [-0.2, -0.15) is 19.9 Å². The van der Waals surface area contributed by atoms with Crippen LogP contribution in [0.5, 0.6) is 0 Å². The lowest BCUT2D eigenvalue weighted by molar-refractivity contribution is -0.130. The summed E-state index contributed by atoms with van der Waals surface area (Å²) in [6.45, 7) is 41.7. The number of nitrogens with zero attached hydrogens (tertiary/aromatic N) is 8. The van der Waals surface area contributed by atoms with Crippen LogP contribution < -0.4 is 10.6 Å². The molecule has 4 aliphatic rings. The number of aromatic nitrogens is 8. The molecule has 8 rings (SSSR count). The van der Waals surface area contributed by atoms with Gasteiger partial charge in [-0.05, 0) is 44.3 Å². The molecule has 4 saturated heterocycles. The number of nitrogens with one attached hydrogen (secondary N) is 2. The van der Waals surface area contributed by atoms with E-state index >= 15 is 0 Å². The molecular weight excluding hydrogens is 1140 g/mol. The Kier molecular flexibility index (Phi) is 19.9. The number of rotatable bonds is 14. The molecule has 4 fully saturated rings. The Morgan fingerprint density at radius 1 is 0.562 bits per heavy atom. The van der Waals surface area contributed by atoms with E-state index < -0.39 is 77.2 Å². The second-order valence-electron chi connectivity index (χ2n) is 24.7. The van der Waals surface area contributed by atoms with E-state index in [2.05, 4.69) is 151 Å². The van der Waals surface area contributed by atoms with E-state index in [1.165, 1.54) is 17.2 Å². The highest BCUT2D eigenvalue weighted by atomic mass is 35.5. The SMILES string of the molecule is CC(C)C(=O)Nc1nc(Cl)c2ncn([C@@H]3O[C@@H]4CO[Si](C(C)C)(C(C)C)O[Si](C(C)C)(C(C)C)O[C@H]4C3=O)c2n1.CC(C)C(=O)Nc1nc(Cl)c2ncn([C@@H]3O[C@@H]4CO[Si](C(C)C)(C(C)C)O[Si](C(C)C)(C(C)C)O[C@H]4[C@H]3O)c2n1. The number of hydrogen-bond acceptors (Lipinski definition) is 18. The molecule has 0 saturated carbocycles. The van der Waals surface area contributed by atoms with Gasteiger partial charge in [-0.15, -0.1) is 0 Å². The summed E-state index contributed by atoms with van der Waals surface area (Å²) < 4.78 is 57.9. The maximum absolute atomic E-state index is 14.0. The summed E-state index contributed by atoms with van der Waals surface area (Å²) in [4.78, 5) is 64.6. The monoisotopic (exact) mass is 1220 g/mol. The highest BCUT2D eigenvalue weighted by molar-refractivity contribution is 6.84. The number of ketones is 1. The predicted octanol–water partition coefficient (Wildman–Crippen LogP) is 10.8. The van der Waals surface area contributed by atoms with Crippen molar-refractivity contribution in [2.24, 2.45) is 11.8 Å². The molecule has 3 N–H and O–H groups in total. The number of fused-ring (bicyclic) bond motifs is 4. The summed E-state index contributed by atoms with van der Waals surface area (Å²) in [6, 6.07) is 0. The lowest BCUT2D eigenvalue weighted by Crippen LogP contribution is -2.65. The molecule has 4 aromatic heterocycles. The van der Waals surface area contributed by atoms with E-state index in [0.29, 0.717) is 16.7 Å². The number of hydrogen-bond donors (Lipinski definition) is 3. The Morgan fingerprint density at radius 2 is 0.950 bits per heavy atom. The van der Waals surface area contributed by atoms with E-state index in [1.54, 1.807) is 32.3 Å². The molecule has 0 unspecified atom stereocenters. The Morgan fingerprint density at radius 3 is 1.36 bits per heavy atom. The molecule has 4 aromatic rings. The highest BCUT2D eigenvalue weighted by Gasteiger charge is 2.64. The van der Waals surface area contributed by atoms with Gasteiger partial charge < -0.3 is 40.5 Å². The number of carbonyl (C=O) groups excluding carboxylic acids is 3. The van der Waals surface area contributed by atoms with Crippen LogP contribution in [0.1, 0.15) is 151 Å². The molecule has 0 aromatic carbocycles. The van der Waals surface area contributed by atoms with E-state index in [0.717, 1.165) is 0 Å². The molecule has 0 bridgehead atoms. The molecule has 7 atom stereocenters. The van der Waals surface area contributed by atoms with Gasteiger partial charge in [0.2, 0.25) is 29.5 Å². The van der Waals surface area contributed by atoms with Crippen molar-refractivity contribution in [3.8, 4) is 0 Å². The van der Waals surface area contributed by atoms with E-state index in [9.17, 15) is 19.5 Å². The quantitative estimate of drug-likeness (QED) is 0.0783. The zero-order valence-electron chi connectivity index (χ0n) is 50.2. The van der Waals surface area contributed by atoms with Gasteiger partial charge in [0, 0.05) is 11.8 Å². The van der Waals surface area contributed by atoms with Gasteiger partial charge in [0.1, 0.15) is 41.6 Å². The average molecular weight is 1230 g/mol. The van der Waals surface area contributed by atoms with Gasteiger partial charge in [-0.1, -0.05) is 162 Å². The normalized spacial score (nSPS) is 25.7. The minimum absolute atomic E-state index is 0.0260. The Balaban J connectivity index is 0.000000231. The van der Waals surface area contributed by atoms with Crippen LogP contribution in [-0.4, -0.2) is 140 Å². The van der Waals surface area contributed by atoms with Gasteiger partial charge >= 0.3 is 34.2 Å². The van der Waals surface area contributed by atoms with Gasteiger partial charge in [0.25, 0.3) is 0 Å². The maximum Gasteiger partial charge on any atom is 0.335 e. The molecule has 0 spiro atoms. The molecule has 80 heavy (non-hydrogen) atoms. The van der Waals surface area contributed by atoms with Crippen LogP contribution in [0, 0.1) is 11.8 Å². The van der Waals surface area contributed by atoms with Crippen LogP contribution >= 0.6 is 23.2 Å². The number of aliphatic hydroxyl groups excluding tert-OH is 1. The molecule has 0 radical (unpaired) electrons. The Labute approximate surface area is 485 Å². The van der Waals surface area contributed by atoms with Crippen molar-refractivity contribution in [3.05, 3.63) is 23.0 Å². The van der Waals surface area contributed by atoms with Crippen LogP contribution in [0.2, 0.25) is 54.6 Å². The first kappa shape index (κ1) is 64.4. The van der Waals surface area contributed by atoms with Gasteiger partial charge in [0.05, 0.1) is 25.9 Å². The fourth-order valence-electron chi connectivity index (χ4n) is 11.3. The number of aliphatic hydroxyl groups is 1. The minimum atomic E-state index is -3.01. The fraction of sp³-hybridized carbons (Fsp3) is 0.750. The third-order valence-corrected chi connectivity index (χ3v) is 36.9. The van der Waals surface area contributed by atoms with E-state index in [4.69, 9.17) is 58.6 Å². The molecule has 4 aliphatic heterocycles. The number of Topliss-reactive ketones (excluding diaryl/α,β-unsaturated/α-hetero) is 1. The zero-order valence-corrected chi connectivity index (χ0v) is 55.7. The maximum atomic E-state index is 14.0. The number of carbonyl (C=O) groups is 3. The van der Waals surface area contributed by atoms with Crippen molar-refractivity contribution in [1.82, 2.24) is 39.0 Å². The summed E-state index contributed by atoms with van der Waals surface area (Å²) in [5, 5.41) is 17.2. The van der Waals surface area contributed by atoms with E-state index in [1.807, 2.05) is 0 Å². The molecule has 28 heteroatoms. The van der Waals surface area contributed by atoms with Crippen molar-refractivity contribution in [2.75, 3.05) is 23.8 Å². The fourth-order valence-corrected chi connectivity index (χ4v) is 34.1. The summed E-state index contributed by atoms with van der Waals surface area (Å²) in [5.41, 5.74) is 2.31. The second kappa shape index (κ2) is 24.8. The van der Waals surface area contributed by atoms with Crippen molar-refractivity contribution < 1.29 is 54.9 Å². The molecule has 8 heterocycles. The van der Waals surface area contributed by atoms with Crippen LogP contribution in [0.3, 0.4) is 0 Å². The smallest absolute Gasteiger partial charge is 0.335 e. The number of halogens is 2. The third kappa shape index (κ3) is 11.9. The van der Waals surface area contributed by atoms with Crippen LogP contribution in [0.4, 0.5) is 11.9 Å². The summed E-state index contributed by atoms with van der Waals surface area (Å²) in [7, 11) is -11.5. The standard InChI is InChI=1S/C26H44ClN5O6Si2.C26H42ClN5O6Si2/c2*1-13(2)24(34)31-26-29-22(27)19-23(30-26)32(12-28-19)25-20(33)21-18(36-25)11-35-39(14(3)4,15(5)6)38-40(37-21,16(7)8)17(9)10/h12-18,20-21,25,33H,11H2,1-10H3,(H,29,30,31,34);12-18,21,25H,11H2,1-10H3,(H,29,30,31,34)/t18-,20-,21-,25-;18-,21-,25-/m11/s1. The van der Waals surface area contributed by atoms with Crippen molar-refractivity contribution in [2.45, 2.75) is 226 Å². The number of imidazole rings is 2. The second-order valence-corrected chi connectivity index (χ2v) is 43.1. The first-order valence-electron chi connectivity index (χ1n) is 28.3. The number of anilines is 2. The van der Waals surface area contributed by atoms with Gasteiger partial charge in [-0.3, -0.25) is 34.2 Å². The van der Waals surface area contributed by atoms with Crippen LogP contribution in [-0.2, 0) is 49.8 Å². The highest BCUT2D eigenvalue weighted by Crippen LogP contribution is 2.50. The molecule has 0 aliphatic carbocycles. The number of amides is 2. The topological polar surface area (TPSA) is 257 Å². The van der Waals surface area contributed by atoms with E-state index in [-0.39, 0.29) is 115 Å². The zero-order chi connectivity index (χ0) is 59.5. The molecule has 22 nitrogen and oxygen atoms in total. The Bertz CT molecular complexity index is 2840. The van der Waals surface area contributed by atoms with Crippen LogP contribution in [0.25, 0.3) is 22.3 Å². The first-order chi connectivity index (χ1) is 37.3. The summed E-state index contributed by atoms with van der Waals surface area (Å²) in [5.74, 6) is -1.23. The molecular formula is C52H86Cl2N10O12Si4. The lowest BCUT2D eigenvalue weighted by atomic mass is 10.1. The number of ether oxygens (including phenoxy) is 2. The molecule has 2 amide bonds. The third-order valence-electron chi connectivity index (χ3n) is 15.9. The van der Waals surface area contributed by atoms with Crippen molar-refractivity contribution >= 4 is 109 Å². The minimum Gasteiger partial charge on any atom is -0.414 e. The lowest BCUT2D eigenvalue weighted by Gasteiger charge is -2.51. The van der Waals surface area contributed by atoms with Crippen molar-refractivity contribution in [3.63, 3.8) is 0 Å². The van der Waals surface area contributed by atoms with Gasteiger partial charge in [0.15, 0.2) is 34.1 Å². The van der Waals surface area contributed by atoms with Crippen molar-refractivity contribution in [1.29, 1.82) is 0 Å². The summed E-state index contributed by atoms with van der Waals surface area (Å²) in [6.07, 6.45) is -2.75.